The molecule has 4 nitrogen and oxygen atoms in total. The predicted molar refractivity (Wildman–Crippen MR) is 62.0 cm³/mol. The van der Waals surface area contributed by atoms with E-state index in [4.69, 9.17) is 0 Å². The molecule has 2 rings (SSSR count). The Hall–Kier alpha value is -1.39. The van der Waals surface area contributed by atoms with Crippen molar-refractivity contribution in [3.63, 3.8) is 0 Å². The monoisotopic (exact) mass is 224 g/mol. The molecule has 1 aromatic heterocycles. The first-order chi connectivity index (χ1) is 7.63. The van der Waals surface area contributed by atoms with Crippen LogP contribution in [0.1, 0.15) is 32.6 Å². The van der Waals surface area contributed by atoms with Gasteiger partial charge in [-0.3, -0.25) is 0 Å². The normalized spacial score (nSPS) is 18.4. The number of rotatable bonds is 3. The van der Waals surface area contributed by atoms with Crippen LogP contribution in [0.25, 0.3) is 0 Å². The van der Waals surface area contributed by atoms with Gasteiger partial charge in [-0.1, -0.05) is 12.8 Å². The maximum absolute atomic E-state index is 13.5. The van der Waals surface area contributed by atoms with Gasteiger partial charge in [0.2, 0.25) is 5.95 Å². The zero-order chi connectivity index (χ0) is 11.6. The second-order valence-corrected chi connectivity index (χ2v) is 4.53. The predicted octanol–water partition coefficient (Wildman–Crippen LogP) is 2.40. The van der Waals surface area contributed by atoms with Crippen LogP contribution in [0, 0.1) is 5.82 Å². The molecular weight excluding hydrogens is 207 g/mol. The van der Waals surface area contributed by atoms with Gasteiger partial charge in [0, 0.05) is 12.6 Å². The summed E-state index contributed by atoms with van der Waals surface area (Å²) in [5, 5.41) is 6.00. The molecule has 1 saturated carbocycles. The summed E-state index contributed by atoms with van der Waals surface area (Å²) in [4.78, 5) is 7.91. The van der Waals surface area contributed by atoms with Gasteiger partial charge in [-0.15, -0.1) is 0 Å². The largest absolute Gasteiger partial charge is 0.362 e. The summed E-state index contributed by atoms with van der Waals surface area (Å²) in [6, 6.07) is 0. The molecule has 1 aromatic rings. The maximum atomic E-state index is 13.5. The van der Waals surface area contributed by atoms with Gasteiger partial charge in [0.25, 0.3) is 0 Å². The zero-order valence-electron chi connectivity index (χ0n) is 9.68. The van der Waals surface area contributed by atoms with Crippen LogP contribution in [0.4, 0.5) is 16.2 Å². The molecular formula is C11H17FN4. The molecule has 1 heterocycles. The lowest BCUT2D eigenvalue weighted by Crippen LogP contribution is -2.32. The first-order valence-corrected chi connectivity index (χ1v) is 5.61. The summed E-state index contributed by atoms with van der Waals surface area (Å²) in [6.07, 6.45) is 5.69. The molecule has 2 N–H and O–H groups in total. The second kappa shape index (κ2) is 4.23. The Morgan fingerprint density at radius 1 is 1.38 bits per heavy atom. The quantitative estimate of drug-likeness (QED) is 0.827. The van der Waals surface area contributed by atoms with Gasteiger partial charge in [-0.2, -0.15) is 4.98 Å². The first-order valence-electron chi connectivity index (χ1n) is 5.61. The van der Waals surface area contributed by atoms with Crippen molar-refractivity contribution in [3.8, 4) is 0 Å². The Bertz CT molecular complexity index is 374. The molecule has 0 aliphatic heterocycles. The van der Waals surface area contributed by atoms with E-state index < -0.39 is 5.82 Å². The first kappa shape index (κ1) is 11.1. The average molecular weight is 224 g/mol. The van der Waals surface area contributed by atoms with Crippen molar-refractivity contribution >= 4 is 11.8 Å². The zero-order valence-corrected chi connectivity index (χ0v) is 9.68. The Morgan fingerprint density at radius 3 is 2.69 bits per heavy atom. The number of anilines is 2. The van der Waals surface area contributed by atoms with E-state index in [-0.39, 0.29) is 5.54 Å². The lowest BCUT2D eigenvalue weighted by molar-refractivity contribution is 0.520. The highest BCUT2D eigenvalue weighted by Gasteiger charge is 2.29. The minimum Gasteiger partial charge on any atom is -0.362 e. The van der Waals surface area contributed by atoms with Crippen molar-refractivity contribution in [2.75, 3.05) is 17.7 Å². The molecule has 88 valence electrons. The van der Waals surface area contributed by atoms with E-state index in [9.17, 15) is 4.39 Å². The fourth-order valence-electron chi connectivity index (χ4n) is 2.14. The molecule has 1 aliphatic carbocycles. The number of hydrogen-bond acceptors (Lipinski definition) is 4. The van der Waals surface area contributed by atoms with Gasteiger partial charge in [0.15, 0.2) is 11.6 Å². The van der Waals surface area contributed by atoms with Gasteiger partial charge >= 0.3 is 0 Å². The summed E-state index contributed by atoms with van der Waals surface area (Å²) in [7, 11) is 1.72. The van der Waals surface area contributed by atoms with Crippen LogP contribution < -0.4 is 10.6 Å². The molecule has 16 heavy (non-hydrogen) atoms. The summed E-state index contributed by atoms with van der Waals surface area (Å²) in [5.74, 6) is 0.335. The topological polar surface area (TPSA) is 49.8 Å². The highest BCUT2D eigenvalue weighted by molar-refractivity contribution is 5.43. The smallest absolute Gasteiger partial charge is 0.224 e. The number of nitrogens with zero attached hydrogens (tertiary/aromatic N) is 2. The van der Waals surface area contributed by atoms with Gasteiger partial charge in [0.1, 0.15) is 0 Å². The van der Waals surface area contributed by atoms with Crippen molar-refractivity contribution in [2.45, 2.75) is 38.1 Å². The number of hydrogen-bond donors (Lipinski definition) is 2. The van der Waals surface area contributed by atoms with Crippen molar-refractivity contribution in [1.29, 1.82) is 0 Å². The van der Waals surface area contributed by atoms with Crippen molar-refractivity contribution in [1.82, 2.24) is 9.97 Å². The Kier molecular flexibility index (Phi) is 2.94. The molecule has 0 spiro atoms. The third-order valence-electron chi connectivity index (χ3n) is 3.09. The molecule has 0 atom stereocenters. The molecule has 0 bridgehead atoms. The van der Waals surface area contributed by atoms with E-state index in [2.05, 4.69) is 27.5 Å². The standard InChI is InChI=1S/C11H17FN4/c1-11(5-3-4-6-11)16-9-8(12)7-14-10(13-2)15-9/h7H,3-6H2,1-2H3,(H2,13,14,15,16). The van der Waals surface area contributed by atoms with Crippen LogP contribution in [0.2, 0.25) is 0 Å². The highest BCUT2D eigenvalue weighted by Crippen LogP contribution is 2.32. The van der Waals surface area contributed by atoms with Gasteiger partial charge in [-0.05, 0) is 19.8 Å². The molecule has 1 aliphatic rings. The minimum absolute atomic E-state index is 0.0276. The van der Waals surface area contributed by atoms with Crippen LogP contribution in [-0.2, 0) is 0 Å². The van der Waals surface area contributed by atoms with Gasteiger partial charge in [-0.25, -0.2) is 9.37 Å². The minimum atomic E-state index is -0.396. The number of aromatic nitrogens is 2. The fraction of sp³-hybridized carbons (Fsp3) is 0.636. The highest BCUT2D eigenvalue weighted by atomic mass is 19.1. The van der Waals surface area contributed by atoms with E-state index in [1.54, 1.807) is 7.05 Å². The SMILES string of the molecule is CNc1ncc(F)c(NC2(C)CCCC2)n1. The van der Waals surface area contributed by atoms with E-state index in [0.717, 1.165) is 12.8 Å². The van der Waals surface area contributed by atoms with Crippen LogP contribution in [-0.4, -0.2) is 22.6 Å². The molecule has 0 radical (unpaired) electrons. The number of nitrogens with one attached hydrogen (secondary N) is 2. The van der Waals surface area contributed by atoms with Crippen LogP contribution >= 0.6 is 0 Å². The summed E-state index contributed by atoms with van der Waals surface area (Å²) < 4.78 is 13.5. The molecule has 5 heteroatoms. The maximum Gasteiger partial charge on any atom is 0.224 e. The lowest BCUT2D eigenvalue weighted by Gasteiger charge is -2.26. The Labute approximate surface area is 94.7 Å². The van der Waals surface area contributed by atoms with Gasteiger partial charge in [0.05, 0.1) is 6.20 Å². The summed E-state index contributed by atoms with van der Waals surface area (Å²) >= 11 is 0. The van der Waals surface area contributed by atoms with Crippen molar-refractivity contribution in [3.05, 3.63) is 12.0 Å². The van der Waals surface area contributed by atoms with Crippen molar-refractivity contribution in [2.24, 2.45) is 0 Å². The Balaban J connectivity index is 2.19. The van der Waals surface area contributed by atoms with E-state index in [0.29, 0.717) is 11.8 Å². The van der Waals surface area contributed by atoms with Gasteiger partial charge < -0.3 is 10.6 Å². The van der Waals surface area contributed by atoms with E-state index in [1.807, 2.05) is 0 Å². The average Bonchev–Trinajstić information content (AvgIpc) is 2.68. The summed E-state index contributed by atoms with van der Waals surface area (Å²) in [5.41, 5.74) is -0.0276. The third-order valence-corrected chi connectivity index (χ3v) is 3.09. The van der Waals surface area contributed by atoms with Crippen LogP contribution in [0.5, 0.6) is 0 Å². The molecule has 0 amide bonds. The van der Waals surface area contributed by atoms with Crippen molar-refractivity contribution < 1.29 is 4.39 Å². The molecule has 1 fully saturated rings. The Morgan fingerprint density at radius 2 is 2.06 bits per heavy atom. The fourth-order valence-corrected chi connectivity index (χ4v) is 2.14. The third kappa shape index (κ3) is 2.23. The van der Waals surface area contributed by atoms with E-state index in [1.165, 1.54) is 19.0 Å². The molecule has 0 aromatic carbocycles. The van der Waals surface area contributed by atoms with E-state index >= 15 is 0 Å². The van der Waals surface area contributed by atoms with Crippen LogP contribution in [0.3, 0.4) is 0 Å². The molecule has 0 saturated heterocycles. The molecule has 0 unspecified atom stereocenters. The lowest BCUT2D eigenvalue weighted by atomic mass is 10.0. The second-order valence-electron chi connectivity index (χ2n) is 4.53. The summed E-state index contributed by atoms with van der Waals surface area (Å²) in [6.45, 7) is 2.11. The van der Waals surface area contributed by atoms with Crippen LogP contribution in [0.15, 0.2) is 6.20 Å². The number of halogens is 1.